The maximum absolute atomic E-state index is 9.69. The molecule has 1 unspecified atom stereocenters. The molecule has 0 spiro atoms. The number of aliphatic hydroxyl groups is 1. The van der Waals surface area contributed by atoms with Crippen molar-refractivity contribution in [2.45, 2.75) is 19.0 Å². The van der Waals surface area contributed by atoms with Gasteiger partial charge in [-0.15, -0.1) is 0 Å². The summed E-state index contributed by atoms with van der Waals surface area (Å²) in [6, 6.07) is 15.4. The molecular weight excluding hydrogens is 250 g/mol. The maximum atomic E-state index is 9.69. The first-order valence-corrected chi connectivity index (χ1v) is 6.44. The van der Waals surface area contributed by atoms with E-state index in [0.717, 1.165) is 11.1 Å². The third-order valence-electron chi connectivity index (χ3n) is 3.35. The third-order valence-corrected chi connectivity index (χ3v) is 3.35. The van der Waals surface area contributed by atoms with E-state index in [1.54, 1.807) is 12.3 Å². The SMILES string of the molecule is CC(CO)(NCc1ccnc(C#N)c1)c1ccccc1. The van der Waals surface area contributed by atoms with Gasteiger partial charge in [-0.1, -0.05) is 30.3 Å². The number of hydrogen-bond donors (Lipinski definition) is 2. The number of aliphatic hydroxyl groups excluding tert-OH is 1. The Labute approximate surface area is 118 Å². The van der Waals surface area contributed by atoms with E-state index in [0.29, 0.717) is 12.2 Å². The second kappa shape index (κ2) is 6.29. The monoisotopic (exact) mass is 267 g/mol. The zero-order valence-electron chi connectivity index (χ0n) is 11.4. The van der Waals surface area contributed by atoms with E-state index in [9.17, 15) is 5.11 Å². The van der Waals surface area contributed by atoms with Crippen molar-refractivity contribution in [2.75, 3.05) is 6.61 Å². The summed E-state index contributed by atoms with van der Waals surface area (Å²) in [5.74, 6) is 0. The van der Waals surface area contributed by atoms with Gasteiger partial charge < -0.3 is 10.4 Å². The number of nitrogens with one attached hydrogen (secondary N) is 1. The van der Waals surface area contributed by atoms with Crippen LogP contribution in [0.4, 0.5) is 0 Å². The van der Waals surface area contributed by atoms with E-state index < -0.39 is 5.54 Å². The van der Waals surface area contributed by atoms with Crippen molar-refractivity contribution in [1.82, 2.24) is 10.3 Å². The Balaban J connectivity index is 2.13. The predicted molar refractivity (Wildman–Crippen MR) is 76.7 cm³/mol. The molecule has 1 aromatic carbocycles. The molecule has 2 rings (SSSR count). The van der Waals surface area contributed by atoms with Crippen LogP contribution in [0, 0.1) is 11.3 Å². The first kappa shape index (κ1) is 14.2. The fraction of sp³-hybridized carbons (Fsp3) is 0.250. The molecule has 1 aromatic heterocycles. The summed E-state index contributed by atoms with van der Waals surface area (Å²) >= 11 is 0. The van der Waals surface area contributed by atoms with Crippen LogP contribution in [-0.2, 0) is 12.1 Å². The molecule has 0 saturated heterocycles. The molecule has 0 bridgehead atoms. The Morgan fingerprint density at radius 3 is 2.70 bits per heavy atom. The van der Waals surface area contributed by atoms with E-state index in [-0.39, 0.29) is 6.61 Å². The fourth-order valence-electron chi connectivity index (χ4n) is 2.00. The van der Waals surface area contributed by atoms with Crippen LogP contribution in [0.2, 0.25) is 0 Å². The zero-order valence-corrected chi connectivity index (χ0v) is 11.4. The quantitative estimate of drug-likeness (QED) is 0.868. The summed E-state index contributed by atoms with van der Waals surface area (Å²) in [6.07, 6.45) is 1.62. The minimum absolute atomic E-state index is 0.00674. The van der Waals surface area contributed by atoms with Crippen LogP contribution in [0.25, 0.3) is 0 Å². The molecule has 4 heteroatoms. The number of aromatic nitrogens is 1. The van der Waals surface area contributed by atoms with Crippen molar-refractivity contribution >= 4 is 0 Å². The Morgan fingerprint density at radius 2 is 2.05 bits per heavy atom. The lowest BCUT2D eigenvalue weighted by Crippen LogP contribution is -2.42. The second-order valence-corrected chi connectivity index (χ2v) is 4.87. The molecule has 2 aromatic rings. The minimum atomic E-state index is -0.517. The van der Waals surface area contributed by atoms with Gasteiger partial charge in [0.25, 0.3) is 0 Å². The summed E-state index contributed by atoms with van der Waals surface area (Å²) in [5, 5.41) is 21.9. The summed E-state index contributed by atoms with van der Waals surface area (Å²) in [4.78, 5) is 3.94. The van der Waals surface area contributed by atoms with Crippen molar-refractivity contribution in [1.29, 1.82) is 5.26 Å². The Morgan fingerprint density at radius 1 is 1.30 bits per heavy atom. The first-order chi connectivity index (χ1) is 9.68. The van der Waals surface area contributed by atoms with E-state index in [4.69, 9.17) is 5.26 Å². The molecule has 4 nitrogen and oxygen atoms in total. The van der Waals surface area contributed by atoms with Crippen molar-refractivity contribution in [2.24, 2.45) is 0 Å². The molecule has 0 fully saturated rings. The van der Waals surface area contributed by atoms with Gasteiger partial charge in [-0.25, -0.2) is 4.98 Å². The van der Waals surface area contributed by atoms with Crippen molar-refractivity contribution < 1.29 is 5.11 Å². The molecule has 0 aliphatic carbocycles. The van der Waals surface area contributed by atoms with Crippen LogP contribution in [0.3, 0.4) is 0 Å². The molecule has 0 aliphatic rings. The van der Waals surface area contributed by atoms with Crippen LogP contribution in [0.15, 0.2) is 48.7 Å². The molecule has 0 saturated carbocycles. The largest absolute Gasteiger partial charge is 0.394 e. The van der Waals surface area contributed by atoms with Crippen LogP contribution >= 0.6 is 0 Å². The van der Waals surface area contributed by atoms with Gasteiger partial charge in [-0.05, 0) is 30.2 Å². The Bertz CT molecular complexity index is 607. The topological polar surface area (TPSA) is 68.9 Å². The normalized spacial score (nSPS) is 13.4. The average molecular weight is 267 g/mol. The predicted octanol–water partition coefficient (Wildman–Crippen LogP) is 1.95. The molecule has 2 N–H and O–H groups in total. The fourth-order valence-corrected chi connectivity index (χ4v) is 2.00. The number of hydrogen-bond acceptors (Lipinski definition) is 4. The molecule has 20 heavy (non-hydrogen) atoms. The Kier molecular flexibility index (Phi) is 4.46. The van der Waals surface area contributed by atoms with Crippen molar-refractivity contribution in [3.05, 3.63) is 65.5 Å². The third kappa shape index (κ3) is 3.21. The lowest BCUT2D eigenvalue weighted by molar-refractivity contribution is 0.173. The van der Waals surface area contributed by atoms with Gasteiger partial charge >= 0.3 is 0 Å². The zero-order chi connectivity index (χ0) is 14.4. The maximum Gasteiger partial charge on any atom is 0.140 e. The van der Waals surface area contributed by atoms with Crippen LogP contribution in [0.5, 0.6) is 0 Å². The van der Waals surface area contributed by atoms with E-state index >= 15 is 0 Å². The number of rotatable bonds is 5. The Hall–Kier alpha value is -2.22. The van der Waals surface area contributed by atoms with Crippen LogP contribution in [0.1, 0.15) is 23.7 Å². The highest BCUT2D eigenvalue weighted by atomic mass is 16.3. The highest BCUT2D eigenvalue weighted by Gasteiger charge is 2.24. The highest BCUT2D eigenvalue weighted by molar-refractivity contribution is 5.27. The molecule has 1 atom stereocenters. The van der Waals surface area contributed by atoms with Crippen LogP contribution in [-0.4, -0.2) is 16.7 Å². The van der Waals surface area contributed by atoms with Gasteiger partial charge in [0.05, 0.1) is 12.1 Å². The lowest BCUT2D eigenvalue weighted by atomic mass is 9.92. The van der Waals surface area contributed by atoms with Crippen molar-refractivity contribution in [3.63, 3.8) is 0 Å². The van der Waals surface area contributed by atoms with Gasteiger partial charge in [0.2, 0.25) is 0 Å². The molecule has 1 heterocycles. The van der Waals surface area contributed by atoms with E-state index in [2.05, 4.69) is 10.3 Å². The smallest absolute Gasteiger partial charge is 0.140 e. The van der Waals surface area contributed by atoms with Gasteiger partial charge in [0.1, 0.15) is 11.8 Å². The minimum Gasteiger partial charge on any atom is -0.394 e. The van der Waals surface area contributed by atoms with Gasteiger partial charge in [-0.3, -0.25) is 0 Å². The number of pyridine rings is 1. The number of benzene rings is 1. The van der Waals surface area contributed by atoms with E-state index in [1.807, 2.05) is 49.4 Å². The first-order valence-electron chi connectivity index (χ1n) is 6.44. The average Bonchev–Trinajstić information content (AvgIpc) is 2.53. The molecule has 0 amide bonds. The molecule has 0 radical (unpaired) electrons. The summed E-state index contributed by atoms with van der Waals surface area (Å²) < 4.78 is 0. The molecule has 102 valence electrons. The van der Waals surface area contributed by atoms with Crippen molar-refractivity contribution in [3.8, 4) is 6.07 Å². The van der Waals surface area contributed by atoms with Crippen LogP contribution < -0.4 is 5.32 Å². The van der Waals surface area contributed by atoms with Gasteiger partial charge in [0.15, 0.2) is 0 Å². The van der Waals surface area contributed by atoms with Gasteiger partial charge in [0, 0.05) is 12.7 Å². The summed E-state index contributed by atoms with van der Waals surface area (Å²) in [5.41, 5.74) is 1.87. The number of nitriles is 1. The van der Waals surface area contributed by atoms with Gasteiger partial charge in [-0.2, -0.15) is 5.26 Å². The second-order valence-electron chi connectivity index (χ2n) is 4.87. The number of nitrogens with zero attached hydrogens (tertiary/aromatic N) is 2. The molecule has 0 aliphatic heterocycles. The highest BCUT2D eigenvalue weighted by Crippen LogP contribution is 2.20. The summed E-state index contributed by atoms with van der Waals surface area (Å²) in [7, 11) is 0. The standard InChI is InChI=1S/C16H17N3O/c1-16(12-20,14-5-3-2-4-6-14)19-11-13-7-8-18-15(9-13)10-17/h2-9,19-20H,11-12H2,1H3. The van der Waals surface area contributed by atoms with E-state index in [1.165, 1.54) is 0 Å². The summed E-state index contributed by atoms with van der Waals surface area (Å²) in [6.45, 7) is 2.51. The lowest BCUT2D eigenvalue weighted by Gasteiger charge is -2.29. The molecular formula is C16H17N3O.